The van der Waals surface area contributed by atoms with Crippen molar-refractivity contribution in [1.82, 2.24) is 15.2 Å². The Morgan fingerprint density at radius 3 is 2.42 bits per heavy atom. The predicted octanol–water partition coefficient (Wildman–Crippen LogP) is 9.78. The molecule has 0 radical (unpaired) electrons. The van der Waals surface area contributed by atoms with Crippen molar-refractivity contribution in [3.63, 3.8) is 0 Å². The number of pyridine rings is 1. The molecule has 3 aromatic carbocycles. The fraction of sp³-hybridized carbons (Fsp3) is 0.256. The molecule has 0 aliphatic heterocycles. The Labute approximate surface area is 322 Å². The summed E-state index contributed by atoms with van der Waals surface area (Å²) in [5.41, 5.74) is 1.65. The molecule has 53 heavy (non-hydrogen) atoms. The Hall–Kier alpha value is -5.15. The van der Waals surface area contributed by atoms with Crippen molar-refractivity contribution in [2.45, 2.75) is 33.4 Å². The number of benzene rings is 3. The second kappa shape index (κ2) is 18.6. The molecule has 14 heteroatoms. The molecule has 276 valence electrons. The lowest BCUT2D eigenvalue weighted by Gasteiger charge is -2.23. The Kier molecular flexibility index (Phi) is 14.2. The third-order valence-electron chi connectivity index (χ3n) is 8.56. The number of hydrogen-bond acceptors (Lipinski definition) is 9. The van der Waals surface area contributed by atoms with E-state index < -0.39 is 34.1 Å². The van der Waals surface area contributed by atoms with Crippen molar-refractivity contribution in [2.24, 2.45) is 17.3 Å². The summed E-state index contributed by atoms with van der Waals surface area (Å²) >= 11 is 18.1. The summed E-state index contributed by atoms with van der Waals surface area (Å²) in [4.78, 5) is 28.9. The number of esters is 1. The van der Waals surface area contributed by atoms with Gasteiger partial charge in [-0.05, 0) is 71.8 Å². The van der Waals surface area contributed by atoms with Gasteiger partial charge in [-0.3, -0.25) is 14.9 Å². The molecule has 0 saturated heterocycles. The van der Waals surface area contributed by atoms with Crippen LogP contribution in [0.15, 0.2) is 109 Å². The molecule has 1 heterocycles. The Bertz CT molecular complexity index is 1990. The van der Waals surface area contributed by atoms with Gasteiger partial charge in [0.05, 0.1) is 10.8 Å². The summed E-state index contributed by atoms with van der Waals surface area (Å²) in [5.74, 6) is -0.905. The fourth-order valence-corrected chi connectivity index (χ4v) is 6.03. The predicted molar refractivity (Wildman–Crippen MR) is 203 cm³/mol. The zero-order chi connectivity index (χ0) is 38.7. The van der Waals surface area contributed by atoms with Crippen LogP contribution in [0.1, 0.15) is 43.6 Å². The molecule has 3 unspecified atom stereocenters. The zero-order valence-corrected chi connectivity index (χ0v) is 31.6. The molecule has 5 rings (SSSR count). The van der Waals surface area contributed by atoms with E-state index in [4.69, 9.17) is 44.3 Å². The number of halogens is 4. The van der Waals surface area contributed by atoms with Crippen molar-refractivity contribution in [1.29, 1.82) is 5.26 Å². The Balaban J connectivity index is 0.000000294. The molecule has 1 fully saturated rings. The van der Waals surface area contributed by atoms with Gasteiger partial charge in [0, 0.05) is 42.0 Å². The monoisotopic (exact) mass is 779 g/mol. The van der Waals surface area contributed by atoms with Gasteiger partial charge >= 0.3 is 5.97 Å². The van der Waals surface area contributed by atoms with E-state index in [1.165, 1.54) is 18.2 Å². The molecule has 1 aliphatic carbocycles. The first kappa shape index (κ1) is 40.6. The van der Waals surface area contributed by atoms with Crippen LogP contribution in [0, 0.1) is 44.5 Å². The standard InChI is InChI=1S/C28H22Cl2FNO3.C11H15ClN4O2/c1-28(2)21(15-22(30)17-8-11-19(29)12-9-17)26(28)27(33)35-25(16-32)18-10-13-23(31)24(14-18)34-20-6-4-3-5-7-20;1-3-15(11(13-2)8-16(17)18)7-9-4-5-10(12)14-6-9/h3-15,21,25-26H,1-2H3;4-6,8,13H,3,7H2,1-2H3/b22-15-;11-8+. The van der Waals surface area contributed by atoms with Crippen molar-refractivity contribution in [3.05, 3.63) is 152 Å². The molecular formula is C39H37Cl3FN5O5. The van der Waals surface area contributed by atoms with E-state index in [-0.39, 0.29) is 11.7 Å². The van der Waals surface area contributed by atoms with Crippen LogP contribution in [0.3, 0.4) is 0 Å². The van der Waals surface area contributed by atoms with Gasteiger partial charge in [-0.1, -0.05) is 97.2 Å². The van der Waals surface area contributed by atoms with Crippen LogP contribution in [0.4, 0.5) is 4.39 Å². The molecule has 1 aliphatic rings. The van der Waals surface area contributed by atoms with E-state index in [1.54, 1.807) is 67.8 Å². The van der Waals surface area contributed by atoms with Gasteiger partial charge in [0.15, 0.2) is 17.4 Å². The van der Waals surface area contributed by atoms with Crippen LogP contribution >= 0.6 is 34.8 Å². The minimum absolute atomic E-state index is 0.0627. The molecule has 1 aromatic heterocycles. The number of carbonyl (C=O) groups is 1. The van der Waals surface area contributed by atoms with Crippen molar-refractivity contribution in [3.8, 4) is 17.6 Å². The number of rotatable bonds is 13. The Morgan fingerprint density at radius 2 is 1.83 bits per heavy atom. The first-order valence-corrected chi connectivity index (χ1v) is 17.5. The minimum atomic E-state index is -1.21. The van der Waals surface area contributed by atoms with Gasteiger partial charge in [-0.25, -0.2) is 9.37 Å². The normalized spacial score (nSPS) is 16.6. The average Bonchev–Trinajstić information content (AvgIpc) is 3.69. The van der Waals surface area contributed by atoms with E-state index in [0.29, 0.717) is 45.4 Å². The van der Waals surface area contributed by atoms with Gasteiger partial charge in [-0.15, -0.1) is 0 Å². The number of nitrogens with zero attached hydrogens (tertiary/aromatic N) is 4. The molecule has 0 amide bonds. The molecule has 1 saturated carbocycles. The summed E-state index contributed by atoms with van der Waals surface area (Å²) in [6.45, 7) is 6.98. The van der Waals surface area contributed by atoms with Crippen molar-refractivity contribution in [2.75, 3.05) is 13.6 Å². The van der Waals surface area contributed by atoms with E-state index in [0.717, 1.165) is 17.3 Å². The quantitative estimate of drug-likeness (QED) is 0.0610. The van der Waals surface area contributed by atoms with Gasteiger partial charge in [0.2, 0.25) is 6.10 Å². The SMILES string of the molecule is CC1(C)C(/C=C(\Cl)c2ccc(Cl)cc2)C1C(=O)OC(C#N)c1ccc(F)c(Oc2ccccc2)c1.CCN(Cc1ccc(Cl)nc1)/C(=C/[N+](=O)[O-])NC. The highest BCUT2D eigenvalue weighted by Crippen LogP contribution is 2.60. The van der Waals surface area contributed by atoms with Gasteiger partial charge in [-0.2, -0.15) is 5.26 Å². The van der Waals surface area contributed by atoms with Gasteiger partial charge in [0.1, 0.15) is 17.0 Å². The first-order chi connectivity index (χ1) is 25.3. The number of allylic oxidation sites excluding steroid dienone is 1. The molecule has 3 atom stereocenters. The lowest BCUT2D eigenvalue weighted by atomic mass is 10.1. The van der Waals surface area contributed by atoms with Crippen molar-refractivity contribution < 1.29 is 23.6 Å². The topological polar surface area (TPSA) is 131 Å². The minimum Gasteiger partial charge on any atom is -0.454 e. The van der Waals surface area contributed by atoms with E-state index in [1.807, 2.05) is 49.9 Å². The zero-order valence-electron chi connectivity index (χ0n) is 29.3. The number of aromatic nitrogens is 1. The van der Waals surface area contributed by atoms with Crippen molar-refractivity contribution >= 4 is 45.8 Å². The van der Waals surface area contributed by atoms with Gasteiger partial charge in [0.25, 0.3) is 6.20 Å². The number of nitro groups is 1. The highest BCUT2D eigenvalue weighted by molar-refractivity contribution is 6.48. The van der Waals surface area contributed by atoms with Gasteiger partial charge < -0.3 is 19.7 Å². The molecule has 1 N–H and O–H groups in total. The second-order valence-corrected chi connectivity index (χ2v) is 13.7. The summed E-state index contributed by atoms with van der Waals surface area (Å²) in [5, 5.41) is 24.6. The summed E-state index contributed by atoms with van der Waals surface area (Å²) in [7, 11) is 1.65. The molecule has 0 spiro atoms. The maximum atomic E-state index is 14.3. The van der Waals surface area contributed by atoms with Crippen LogP contribution in [-0.4, -0.2) is 34.4 Å². The highest BCUT2D eigenvalue weighted by Gasteiger charge is 2.62. The van der Waals surface area contributed by atoms with Crippen LogP contribution in [0.25, 0.3) is 5.03 Å². The third-order valence-corrected chi connectivity index (χ3v) is 9.38. The number of carbonyl (C=O) groups excluding carboxylic acids is 1. The van der Waals surface area contributed by atoms with Crippen LogP contribution in [-0.2, 0) is 16.1 Å². The lowest BCUT2D eigenvalue weighted by molar-refractivity contribution is -0.404. The second-order valence-electron chi connectivity index (χ2n) is 12.5. The molecule has 10 nitrogen and oxygen atoms in total. The maximum Gasteiger partial charge on any atom is 0.311 e. The smallest absolute Gasteiger partial charge is 0.311 e. The van der Waals surface area contributed by atoms with Crippen LogP contribution in [0.5, 0.6) is 11.5 Å². The number of para-hydroxylation sites is 1. The first-order valence-electron chi connectivity index (χ1n) is 16.4. The third kappa shape index (κ3) is 11.2. The number of nitriles is 1. The Morgan fingerprint density at radius 1 is 1.13 bits per heavy atom. The molecule has 4 aromatic rings. The summed E-state index contributed by atoms with van der Waals surface area (Å²) in [6, 6.07) is 25.3. The number of hydrogen-bond donors (Lipinski definition) is 1. The molecule has 0 bridgehead atoms. The molecular weight excluding hydrogens is 744 g/mol. The maximum absolute atomic E-state index is 14.3. The van der Waals surface area contributed by atoms with E-state index in [2.05, 4.69) is 10.3 Å². The highest BCUT2D eigenvalue weighted by atomic mass is 35.5. The van der Waals surface area contributed by atoms with E-state index >= 15 is 0 Å². The summed E-state index contributed by atoms with van der Waals surface area (Å²) < 4.78 is 25.5. The number of nitrogens with one attached hydrogen (secondary N) is 1. The van der Waals surface area contributed by atoms with E-state index in [9.17, 15) is 24.6 Å². The largest absolute Gasteiger partial charge is 0.454 e. The average molecular weight is 781 g/mol. The fourth-order valence-electron chi connectivity index (χ4n) is 5.53. The number of ether oxygens (including phenoxy) is 2. The van der Waals surface area contributed by atoms with Crippen LogP contribution < -0.4 is 10.1 Å². The summed E-state index contributed by atoms with van der Waals surface area (Å²) in [6.07, 6.45) is 3.23. The van der Waals surface area contributed by atoms with Crippen LogP contribution in [0.2, 0.25) is 10.2 Å². The lowest BCUT2D eigenvalue weighted by Crippen LogP contribution is -2.30.